The maximum absolute atomic E-state index is 13.6. The van der Waals surface area contributed by atoms with Crippen molar-refractivity contribution in [1.29, 1.82) is 0 Å². The highest BCUT2D eigenvalue weighted by atomic mass is 16.5. The van der Waals surface area contributed by atoms with E-state index in [0.717, 1.165) is 5.56 Å². The van der Waals surface area contributed by atoms with Crippen LogP contribution in [0.3, 0.4) is 0 Å². The predicted molar refractivity (Wildman–Crippen MR) is 164 cm³/mol. The minimum Gasteiger partial charge on any atom is -0.465 e. The number of anilines is 3. The van der Waals surface area contributed by atoms with Crippen LogP contribution in [0.1, 0.15) is 15.9 Å². The summed E-state index contributed by atoms with van der Waals surface area (Å²) >= 11 is 0. The Hall–Kier alpha value is -4.34. The van der Waals surface area contributed by atoms with E-state index < -0.39 is 11.5 Å². The number of piperazine rings is 1. The third-order valence-electron chi connectivity index (χ3n) is 7.30. The molecule has 1 N–H and O–H groups in total. The van der Waals surface area contributed by atoms with Crippen LogP contribution in [0.4, 0.5) is 17.7 Å². The summed E-state index contributed by atoms with van der Waals surface area (Å²) in [5.41, 5.74) is 1.26. The summed E-state index contributed by atoms with van der Waals surface area (Å²) in [5.74, 6) is 0.505. The molecule has 15 nitrogen and oxygen atoms in total. The van der Waals surface area contributed by atoms with E-state index >= 15 is 0 Å². The Balaban J connectivity index is 1.82. The van der Waals surface area contributed by atoms with Crippen LogP contribution in [0, 0.1) is 0 Å². The van der Waals surface area contributed by atoms with Gasteiger partial charge in [-0.25, -0.2) is 14.8 Å². The minimum atomic E-state index is -0.440. The topological polar surface area (TPSA) is 156 Å². The summed E-state index contributed by atoms with van der Waals surface area (Å²) < 4.78 is 20.7. The molecule has 0 bridgehead atoms. The van der Waals surface area contributed by atoms with Crippen molar-refractivity contribution in [3.05, 3.63) is 45.7 Å². The maximum atomic E-state index is 13.6. The second-order valence-electron chi connectivity index (χ2n) is 10.2. The van der Waals surface area contributed by atoms with Crippen molar-refractivity contribution in [3.8, 4) is 0 Å². The molecule has 1 aromatic carbocycles. The molecule has 0 aliphatic carbocycles. The predicted octanol–water partition coefficient (Wildman–Crippen LogP) is 0.530. The molecule has 4 rings (SSSR count). The zero-order chi connectivity index (χ0) is 31.6. The number of nitrogens with zero attached hydrogens (tertiary/aromatic N) is 7. The quantitative estimate of drug-likeness (QED) is 0.238. The number of hydrogen-bond acceptors (Lipinski definition) is 13. The van der Waals surface area contributed by atoms with Gasteiger partial charge in [0.25, 0.3) is 5.56 Å². The number of aromatic amines is 1. The summed E-state index contributed by atoms with van der Waals surface area (Å²) in [6.45, 7) is 3.97. The summed E-state index contributed by atoms with van der Waals surface area (Å²) in [6, 6.07) is 7.02. The first-order valence-corrected chi connectivity index (χ1v) is 14.2. The number of carbonyl (C=O) groups is 2. The number of carbonyl (C=O) groups excluding carboxylic acids is 2. The molecule has 3 aromatic rings. The molecule has 0 atom stereocenters. The van der Waals surface area contributed by atoms with Gasteiger partial charge >= 0.3 is 5.97 Å². The number of benzene rings is 1. The Morgan fingerprint density at radius 1 is 0.864 bits per heavy atom. The summed E-state index contributed by atoms with van der Waals surface area (Å²) in [5, 5.41) is 0. The van der Waals surface area contributed by atoms with Gasteiger partial charge in [0, 0.05) is 67.6 Å². The number of H-pyrrole nitrogens is 1. The van der Waals surface area contributed by atoms with Crippen LogP contribution in [0.25, 0.3) is 11.0 Å². The number of aromatic nitrogens is 4. The first-order chi connectivity index (χ1) is 21.3. The van der Waals surface area contributed by atoms with E-state index in [9.17, 15) is 14.4 Å². The average Bonchev–Trinajstić information content (AvgIpc) is 3.04. The first-order valence-electron chi connectivity index (χ1n) is 14.2. The zero-order valence-corrected chi connectivity index (χ0v) is 25.9. The highest BCUT2D eigenvalue weighted by Crippen LogP contribution is 2.27. The SMILES string of the molecule is COCCN(Cc1ccc(C(=O)OC)cc1)c1nc(N2CCN(C)C(=O)C2)c2nc(N(CCOC)CCOC)[nH]c(=O)c2n1. The molecule has 15 heteroatoms. The van der Waals surface area contributed by atoms with E-state index in [1.54, 1.807) is 45.4 Å². The largest absolute Gasteiger partial charge is 0.465 e. The van der Waals surface area contributed by atoms with Crippen molar-refractivity contribution in [2.75, 3.05) is 109 Å². The average molecular weight is 613 g/mol. The molecule has 0 unspecified atom stereocenters. The number of rotatable bonds is 15. The normalized spacial score (nSPS) is 13.4. The molecule has 0 radical (unpaired) electrons. The fourth-order valence-corrected chi connectivity index (χ4v) is 4.70. The lowest BCUT2D eigenvalue weighted by Gasteiger charge is -2.33. The molecular formula is C29H40N8O7. The van der Waals surface area contributed by atoms with Gasteiger partial charge in [-0.2, -0.15) is 4.98 Å². The monoisotopic (exact) mass is 612 g/mol. The van der Waals surface area contributed by atoms with Crippen molar-refractivity contribution in [2.24, 2.45) is 0 Å². The molecule has 1 fully saturated rings. The summed E-state index contributed by atoms with van der Waals surface area (Å²) in [6.07, 6.45) is 0. The van der Waals surface area contributed by atoms with E-state index in [2.05, 4.69) is 9.97 Å². The van der Waals surface area contributed by atoms with Gasteiger partial charge in [-0.05, 0) is 17.7 Å². The van der Waals surface area contributed by atoms with Gasteiger partial charge < -0.3 is 38.5 Å². The Bertz CT molecular complexity index is 1480. The van der Waals surface area contributed by atoms with E-state index in [4.69, 9.17) is 28.9 Å². The van der Waals surface area contributed by atoms with Crippen LogP contribution >= 0.6 is 0 Å². The van der Waals surface area contributed by atoms with E-state index in [1.807, 2.05) is 26.8 Å². The van der Waals surface area contributed by atoms with Gasteiger partial charge in [0.05, 0.1) is 39.0 Å². The molecule has 238 valence electrons. The fourth-order valence-electron chi connectivity index (χ4n) is 4.70. The lowest BCUT2D eigenvalue weighted by atomic mass is 10.1. The van der Waals surface area contributed by atoms with Crippen LogP contribution in [-0.4, -0.2) is 131 Å². The third-order valence-corrected chi connectivity index (χ3v) is 7.30. The van der Waals surface area contributed by atoms with E-state index in [-0.39, 0.29) is 23.9 Å². The molecule has 1 aliphatic heterocycles. The van der Waals surface area contributed by atoms with Crippen molar-refractivity contribution in [2.45, 2.75) is 6.54 Å². The lowest BCUT2D eigenvalue weighted by molar-refractivity contribution is -0.129. The minimum absolute atomic E-state index is 0.0709. The fraction of sp³-hybridized carbons (Fsp3) is 0.517. The number of nitrogens with one attached hydrogen (secondary N) is 1. The number of likely N-dealkylation sites (N-methyl/N-ethyl adjacent to an activating group) is 1. The lowest BCUT2D eigenvalue weighted by Crippen LogP contribution is -2.49. The number of methoxy groups -OCH3 is 4. The van der Waals surface area contributed by atoms with Gasteiger partial charge in [0.1, 0.15) is 5.52 Å². The van der Waals surface area contributed by atoms with Crippen LogP contribution in [0.5, 0.6) is 0 Å². The van der Waals surface area contributed by atoms with Crippen molar-refractivity contribution in [3.63, 3.8) is 0 Å². The molecule has 0 spiro atoms. The first kappa shape index (κ1) is 32.6. The third kappa shape index (κ3) is 7.78. The van der Waals surface area contributed by atoms with Gasteiger partial charge in [-0.1, -0.05) is 12.1 Å². The van der Waals surface area contributed by atoms with Gasteiger partial charge in [-0.3, -0.25) is 14.6 Å². The van der Waals surface area contributed by atoms with E-state index in [0.29, 0.717) is 81.9 Å². The van der Waals surface area contributed by atoms with Crippen LogP contribution < -0.4 is 20.3 Å². The van der Waals surface area contributed by atoms with Crippen LogP contribution in [0.15, 0.2) is 29.1 Å². The number of fused-ring (bicyclic) bond motifs is 1. The van der Waals surface area contributed by atoms with Crippen LogP contribution in [-0.2, 0) is 30.3 Å². The van der Waals surface area contributed by atoms with Crippen LogP contribution in [0.2, 0.25) is 0 Å². The summed E-state index contributed by atoms with van der Waals surface area (Å²) in [7, 11) is 7.89. The molecule has 0 saturated carbocycles. The zero-order valence-electron chi connectivity index (χ0n) is 25.9. The highest BCUT2D eigenvalue weighted by molar-refractivity contribution is 5.91. The smallest absolute Gasteiger partial charge is 0.337 e. The molecule has 1 amide bonds. The molecule has 1 aliphatic rings. The highest BCUT2D eigenvalue weighted by Gasteiger charge is 2.27. The van der Waals surface area contributed by atoms with Crippen molar-refractivity contribution < 1.29 is 28.5 Å². The Kier molecular flexibility index (Phi) is 11.4. The summed E-state index contributed by atoms with van der Waals surface area (Å²) in [4.78, 5) is 62.8. The van der Waals surface area contributed by atoms with Crippen molar-refractivity contribution >= 4 is 40.6 Å². The van der Waals surface area contributed by atoms with Crippen molar-refractivity contribution in [1.82, 2.24) is 24.8 Å². The second kappa shape index (κ2) is 15.4. The Labute approximate surface area is 255 Å². The Morgan fingerprint density at radius 2 is 1.50 bits per heavy atom. The van der Waals surface area contributed by atoms with Gasteiger partial charge in [0.2, 0.25) is 17.8 Å². The van der Waals surface area contributed by atoms with Gasteiger partial charge in [0.15, 0.2) is 11.3 Å². The standard InChI is InChI=1S/C29H40N8O7/c1-34-10-11-36(19-22(34)38)25-23-24(26(39)33-29(30-23)35(12-15-41-2)13-16-42-3)31-28(32-25)37(14-17-43-4)18-20-6-8-21(9-7-20)27(40)44-5/h6-9H,10-19H2,1-5H3,(H,30,33,39). The van der Waals surface area contributed by atoms with E-state index in [1.165, 1.54) is 7.11 Å². The second-order valence-corrected chi connectivity index (χ2v) is 10.2. The molecule has 3 heterocycles. The molecule has 44 heavy (non-hydrogen) atoms. The number of ether oxygens (including phenoxy) is 4. The number of amides is 1. The van der Waals surface area contributed by atoms with Gasteiger partial charge in [-0.15, -0.1) is 0 Å². The molecular weight excluding hydrogens is 572 g/mol. The number of esters is 1. The molecule has 1 saturated heterocycles. The number of hydrogen-bond donors (Lipinski definition) is 1. The molecule has 2 aromatic heterocycles. The Morgan fingerprint density at radius 3 is 2.09 bits per heavy atom. The maximum Gasteiger partial charge on any atom is 0.337 e.